The molecule has 0 amide bonds. The van der Waals surface area contributed by atoms with Gasteiger partial charge in [0, 0.05) is 33.3 Å². The average molecular weight is 288 g/mol. The number of ether oxygens (including phenoxy) is 1. The van der Waals surface area contributed by atoms with Crippen molar-refractivity contribution in [2.75, 3.05) is 33.3 Å². The van der Waals surface area contributed by atoms with E-state index in [-0.39, 0.29) is 6.04 Å². The molecule has 0 spiro atoms. The van der Waals surface area contributed by atoms with E-state index in [1.165, 1.54) is 10.4 Å². The molecule has 3 rings (SSSR count). The van der Waals surface area contributed by atoms with Crippen LogP contribution in [-0.4, -0.2) is 58.4 Å². The first-order chi connectivity index (χ1) is 10.4. The Morgan fingerprint density at radius 3 is 2.71 bits per heavy atom. The molecule has 1 aromatic carbocycles. The smallest absolute Gasteiger partial charge is 0.196 e. The van der Waals surface area contributed by atoms with Gasteiger partial charge in [-0.25, -0.2) is 0 Å². The van der Waals surface area contributed by atoms with E-state index in [4.69, 9.17) is 4.74 Å². The van der Waals surface area contributed by atoms with Crippen LogP contribution in [0.2, 0.25) is 0 Å². The minimum absolute atomic E-state index is 0.0407. The lowest BCUT2D eigenvalue weighted by molar-refractivity contribution is 0.106. The van der Waals surface area contributed by atoms with Gasteiger partial charge in [0.2, 0.25) is 0 Å². The lowest BCUT2D eigenvalue weighted by Crippen LogP contribution is -2.45. The number of piperazine rings is 1. The van der Waals surface area contributed by atoms with Crippen molar-refractivity contribution in [2.24, 2.45) is 0 Å². The molecule has 0 aliphatic carbocycles. The molecule has 1 fully saturated rings. The van der Waals surface area contributed by atoms with Crippen LogP contribution in [0.1, 0.15) is 17.4 Å². The summed E-state index contributed by atoms with van der Waals surface area (Å²) in [6, 6.07) is 10.4. The van der Waals surface area contributed by atoms with Crippen molar-refractivity contribution in [3.8, 4) is 0 Å². The number of hydrogen-bond donors (Lipinski definition) is 1. The Hall–Kier alpha value is -1.83. The van der Waals surface area contributed by atoms with Gasteiger partial charge in [-0.1, -0.05) is 30.3 Å². The predicted octanol–water partition coefficient (Wildman–Crippen LogP) is 0.272. The maximum Gasteiger partial charge on any atom is 0.196 e. The third kappa shape index (κ3) is 3.26. The fourth-order valence-electron chi connectivity index (χ4n) is 2.63. The average Bonchev–Trinajstić information content (AvgIpc) is 2.98. The Bertz CT molecular complexity index is 552. The molecule has 112 valence electrons. The Morgan fingerprint density at radius 1 is 1.24 bits per heavy atom. The number of tetrazole rings is 1. The number of benzene rings is 1. The van der Waals surface area contributed by atoms with Gasteiger partial charge in [0.15, 0.2) is 12.6 Å². The lowest BCUT2D eigenvalue weighted by atomic mass is 10.0. The molecule has 0 saturated carbocycles. The molecule has 2 aromatic rings. The van der Waals surface area contributed by atoms with Crippen LogP contribution in [0.4, 0.5) is 0 Å². The van der Waals surface area contributed by atoms with Crippen molar-refractivity contribution < 1.29 is 4.74 Å². The summed E-state index contributed by atoms with van der Waals surface area (Å²) in [6.45, 7) is 4.22. The number of aromatic nitrogens is 4. The minimum atomic E-state index is 0.0407. The second-order valence-electron chi connectivity index (χ2n) is 5.04. The molecule has 1 atom stereocenters. The minimum Gasteiger partial charge on any atom is -0.361 e. The largest absolute Gasteiger partial charge is 0.361 e. The molecule has 7 nitrogen and oxygen atoms in total. The molecular weight excluding hydrogens is 268 g/mol. The first-order valence-electron chi connectivity index (χ1n) is 7.15. The highest BCUT2D eigenvalue weighted by Crippen LogP contribution is 2.25. The summed E-state index contributed by atoms with van der Waals surface area (Å²) in [6.07, 6.45) is 0. The zero-order valence-corrected chi connectivity index (χ0v) is 12.1. The monoisotopic (exact) mass is 288 g/mol. The molecule has 1 N–H and O–H groups in total. The van der Waals surface area contributed by atoms with Crippen LogP contribution in [0.3, 0.4) is 0 Å². The van der Waals surface area contributed by atoms with Crippen LogP contribution in [0.15, 0.2) is 30.3 Å². The third-order valence-corrected chi connectivity index (χ3v) is 3.59. The highest BCUT2D eigenvalue weighted by atomic mass is 16.5. The Kier molecular flexibility index (Phi) is 4.54. The van der Waals surface area contributed by atoms with Crippen LogP contribution in [-0.2, 0) is 11.5 Å². The van der Waals surface area contributed by atoms with Gasteiger partial charge in [-0.2, -0.15) is 0 Å². The van der Waals surface area contributed by atoms with Gasteiger partial charge in [0.25, 0.3) is 0 Å². The summed E-state index contributed by atoms with van der Waals surface area (Å²) in [4.78, 5) is 3.87. The number of methoxy groups -OCH3 is 1. The van der Waals surface area contributed by atoms with Crippen molar-refractivity contribution in [2.45, 2.75) is 12.8 Å². The molecule has 0 radical (unpaired) electrons. The molecule has 2 heterocycles. The van der Waals surface area contributed by atoms with Gasteiger partial charge in [0.1, 0.15) is 0 Å². The van der Waals surface area contributed by atoms with Crippen molar-refractivity contribution in [1.29, 1.82) is 0 Å². The Balaban J connectivity index is 1.90. The van der Waals surface area contributed by atoms with Gasteiger partial charge in [-0.3, -0.25) is 4.90 Å². The Morgan fingerprint density at radius 2 is 2.00 bits per heavy atom. The van der Waals surface area contributed by atoms with E-state index in [2.05, 4.69) is 37.8 Å². The first kappa shape index (κ1) is 14.1. The van der Waals surface area contributed by atoms with Gasteiger partial charge < -0.3 is 10.1 Å². The van der Waals surface area contributed by atoms with E-state index in [9.17, 15) is 0 Å². The van der Waals surface area contributed by atoms with E-state index < -0.39 is 0 Å². The van der Waals surface area contributed by atoms with Gasteiger partial charge in [-0.05, 0) is 10.8 Å². The van der Waals surface area contributed by atoms with E-state index >= 15 is 0 Å². The molecule has 1 aliphatic rings. The van der Waals surface area contributed by atoms with E-state index in [1.54, 1.807) is 7.11 Å². The number of nitrogens with one attached hydrogen (secondary N) is 1. The van der Waals surface area contributed by atoms with Crippen LogP contribution in [0, 0.1) is 0 Å². The number of hydrogen-bond acceptors (Lipinski definition) is 6. The summed E-state index contributed by atoms with van der Waals surface area (Å²) in [5.41, 5.74) is 1.19. The highest BCUT2D eigenvalue weighted by molar-refractivity contribution is 5.24. The maximum absolute atomic E-state index is 5.05. The van der Waals surface area contributed by atoms with E-state index in [1.807, 2.05) is 18.2 Å². The van der Waals surface area contributed by atoms with Crippen LogP contribution in [0.5, 0.6) is 0 Å². The predicted molar refractivity (Wildman–Crippen MR) is 77.6 cm³/mol. The normalized spacial score (nSPS) is 17.8. The molecule has 1 unspecified atom stereocenters. The van der Waals surface area contributed by atoms with Crippen LogP contribution in [0.25, 0.3) is 0 Å². The molecule has 1 saturated heterocycles. The second kappa shape index (κ2) is 6.75. The standard InChI is InChI=1S/C14H20N6O/c1-21-11-20-17-14(16-18-20)13(12-5-3-2-4-6-12)19-9-7-15-8-10-19/h2-6,13,15H,7-11H2,1H3. The quantitative estimate of drug-likeness (QED) is 0.852. The van der Waals surface area contributed by atoms with Gasteiger partial charge in [-0.15, -0.1) is 15.0 Å². The first-order valence-corrected chi connectivity index (χ1v) is 7.15. The molecule has 1 aromatic heterocycles. The SMILES string of the molecule is COCn1nnc(C(c2ccccc2)N2CCNCC2)n1. The second-order valence-corrected chi connectivity index (χ2v) is 5.04. The van der Waals surface area contributed by atoms with E-state index in [0.717, 1.165) is 32.0 Å². The maximum atomic E-state index is 5.05. The fourth-order valence-corrected chi connectivity index (χ4v) is 2.63. The molecule has 1 aliphatic heterocycles. The zero-order chi connectivity index (χ0) is 14.5. The van der Waals surface area contributed by atoms with Crippen LogP contribution >= 0.6 is 0 Å². The zero-order valence-electron chi connectivity index (χ0n) is 12.1. The van der Waals surface area contributed by atoms with E-state index in [0.29, 0.717) is 6.73 Å². The van der Waals surface area contributed by atoms with Crippen molar-refractivity contribution >= 4 is 0 Å². The highest BCUT2D eigenvalue weighted by Gasteiger charge is 2.27. The molecule has 21 heavy (non-hydrogen) atoms. The third-order valence-electron chi connectivity index (χ3n) is 3.59. The van der Waals surface area contributed by atoms with Gasteiger partial charge in [0.05, 0.1) is 6.04 Å². The number of nitrogens with zero attached hydrogens (tertiary/aromatic N) is 5. The summed E-state index contributed by atoms with van der Waals surface area (Å²) in [7, 11) is 1.62. The molecular formula is C14H20N6O. The summed E-state index contributed by atoms with van der Waals surface area (Å²) in [5.74, 6) is 0.722. The van der Waals surface area contributed by atoms with Crippen molar-refractivity contribution in [1.82, 2.24) is 30.4 Å². The fraction of sp³-hybridized carbons (Fsp3) is 0.500. The van der Waals surface area contributed by atoms with Gasteiger partial charge >= 0.3 is 0 Å². The van der Waals surface area contributed by atoms with Crippen LogP contribution < -0.4 is 5.32 Å². The Labute approximate surface area is 123 Å². The summed E-state index contributed by atoms with van der Waals surface area (Å²) < 4.78 is 5.05. The molecule has 7 heteroatoms. The summed E-state index contributed by atoms with van der Waals surface area (Å²) in [5, 5.41) is 16.1. The molecule has 0 bridgehead atoms. The summed E-state index contributed by atoms with van der Waals surface area (Å²) >= 11 is 0. The topological polar surface area (TPSA) is 68.1 Å². The number of rotatable bonds is 5. The lowest BCUT2D eigenvalue weighted by Gasteiger charge is -2.33. The van der Waals surface area contributed by atoms with Crippen molar-refractivity contribution in [3.05, 3.63) is 41.7 Å². The van der Waals surface area contributed by atoms with Crippen molar-refractivity contribution in [3.63, 3.8) is 0 Å².